The molecule has 130 valence electrons. The van der Waals surface area contributed by atoms with Crippen LogP contribution in [0.15, 0.2) is 41.5 Å². The Morgan fingerprint density at radius 1 is 1.24 bits per heavy atom. The molecule has 0 radical (unpaired) electrons. The Morgan fingerprint density at radius 3 is 2.64 bits per heavy atom. The smallest absolute Gasteiger partial charge is 0.262 e. The number of nitrogens with zero attached hydrogens (tertiary/aromatic N) is 3. The summed E-state index contributed by atoms with van der Waals surface area (Å²) in [6, 6.07) is 9.85. The van der Waals surface area contributed by atoms with Crippen molar-refractivity contribution in [3.63, 3.8) is 0 Å². The van der Waals surface area contributed by atoms with Crippen LogP contribution in [0.1, 0.15) is 22.9 Å². The lowest BCUT2D eigenvalue weighted by Crippen LogP contribution is -2.36. The summed E-state index contributed by atoms with van der Waals surface area (Å²) in [5.74, 6) is -0.0841. The minimum absolute atomic E-state index is 0.0107. The van der Waals surface area contributed by atoms with E-state index in [0.717, 1.165) is 20.8 Å². The predicted octanol–water partition coefficient (Wildman–Crippen LogP) is 3.12. The molecule has 0 fully saturated rings. The molecule has 0 spiro atoms. The second-order valence-electron chi connectivity index (χ2n) is 6.03. The first kappa shape index (κ1) is 17.4. The van der Waals surface area contributed by atoms with E-state index in [4.69, 9.17) is 0 Å². The summed E-state index contributed by atoms with van der Waals surface area (Å²) in [6.45, 7) is 6.99. The van der Waals surface area contributed by atoms with Gasteiger partial charge in [-0.05, 0) is 31.9 Å². The van der Waals surface area contributed by atoms with Crippen molar-refractivity contribution in [3.05, 3.63) is 63.0 Å². The van der Waals surface area contributed by atoms with Crippen LogP contribution >= 0.6 is 11.3 Å². The summed E-state index contributed by atoms with van der Waals surface area (Å²) in [6.07, 6.45) is 1.48. The zero-order valence-corrected chi connectivity index (χ0v) is 15.5. The SMILES string of the molecule is CCN(Cc1ccccc1)C(=O)Cn1cnc2sc(C)c(C)c2c1=O. The summed E-state index contributed by atoms with van der Waals surface area (Å²) in [5.41, 5.74) is 1.88. The largest absolute Gasteiger partial charge is 0.337 e. The molecule has 0 atom stereocenters. The third-order valence-electron chi connectivity index (χ3n) is 4.41. The van der Waals surface area contributed by atoms with Gasteiger partial charge in [0.2, 0.25) is 5.91 Å². The first-order valence-electron chi connectivity index (χ1n) is 8.28. The van der Waals surface area contributed by atoms with Gasteiger partial charge in [0, 0.05) is 18.0 Å². The molecule has 0 aliphatic carbocycles. The number of carbonyl (C=O) groups excluding carboxylic acids is 1. The third kappa shape index (κ3) is 3.49. The number of likely N-dealkylation sites (N-methyl/N-ethyl adjacent to an activating group) is 1. The van der Waals surface area contributed by atoms with Crippen LogP contribution in [-0.2, 0) is 17.9 Å². The highest BCUT2D eigenvalue weighted by molar-refractivity contribution is 7.18. The number of aryl methyl sites for hydroxylation is 2. The highest BCUT2D eigenvalue weighted by Gasteiger charge is 2.16. The van der Waals surface area contributed by atoms with Crippen LogP contribution < -0.4 is 5.56 Å². The molecule has 0 saturated carbocycles. The zero-order valence-electron chi connectivity index (χ0n) is 14.7. The first-order chi connectivity index (χ1) is 12.0. The number of fused-ring (bicyclic) bond motifs is 1. The van der Waals surface area contributed by atoms with Gasteiger partial charge in [0.05, 0.1) is 11.7 Å². The Labute approximate surface area is 150 Å². The number of hydrogen-bond donors (Lipinski definition) is 0. The van der Waals surface area contributed by atoms with Gasteiger partial charge < -0.3 is 4.90 Å². The van der Waals surface area contributed by atoms with Crippen molar-refractivity contribution in [2.24, 2.45) is 0 Å². The van der Waals surface area contributed by atoms with E-state index in [2.05, 4.69) is 4.98 Å². The van der Waals surface area contributed by atoms with Gasteiger partial charge in [0.25, 0.3) is 5.56 Å². The monoisotopic (exact) mass is 355 g/mol. The van der Waals surface area contributed by atoms with Gasteiger partial charge in [-0.1, -0.05) is 30.3 Å². The van der Waals surface area contributed by atoms with Gasteiger partial charge in [-0.2, -0.15) is 0 Å². The van der Waals surface area contributed by atoms with E-state index in [1.54, 1.807) is 4.90 Å². The van der Waals surface area contributed by atoms with Crippen LogP contribution in [0.3, 0.4) is 0 Å². The Hall–Kier alpha value is -2.47. The van der Waals surface area contributed by atoms with Crippen LogP contribution in [-0.4, -0.2) is 26.9 Å². The molecular weight excluding hydrogens is 334 g/mol. The normalized spacial score (nSPS) is 11.0. The number of rotatable bonds is 5. The van der Waals surface area contributed by atoms with Gasteiger partial charge >= 0.3 is 0 Å². The fourth-order valence-electron chi connectivity index (χ4n) is 2.81. The Morgan fingerprint density at radius 2 is 1.96 bits per heavy atom. The van der Waals surface area contributed by atoms with Crippen molar-refractivity contribution in [1.29, 1.82) is 0 Å². The van der Waals surface area contributed by atoms with E-state index < -0.39 is 0 Å². The second-order valence-corrected chi connectivity index (χ2v) is 7.24. The summed E-state index contributed by atoms with van der Waals surface area (Å²) in [4.78, 5) is 33.3. The van der Waals surface area contributed by atoms with Gasteiger partial charge in [-0.25, -0.2) is 4.98 Å². The lowest BCUT2D eigenvalue weighted by atomic mass is 10.2. The maximum absolute atomic E-state index is 12.7. The minimum Gasteiger partial charge on any atom is -0.337 e. The molecule has 0 N–H and O–H groups in total. The second kappa shape index (κ2) is 7.19. The van der Waals surface area contributed by atoms with E-state index in [-0.39, 0.29) is 18.0 Å². The third-order valence-corrected chi connectivity index (χ3v) is 5.53. The minimum atomic E-state index is -0.143. The molecule has 5 nitrogen and oxygen atoms in total. The molecule has 0 bridgehead atoms. The van der Waals surface area contributed by atoms with Gasteiger partial charge in [0.1, 0.15) is 11.4 Å². The molecule has 0 unspecified atom stereocenters. The van der Waals surface area contributed by atoms with Crippen molar-refractivity contribution in [1.82, 2.24) is 14.5 Å². The number of aromatic nitrogens is 2. The lowest BCUT2D eigenvalue weighted by molar-refractivity contribution is -0.132. The summed E-state index contributed by atoms with van der Waals surface area (Å²) >= 11 is 1.51. The topological polar surface area (TPSA) is 55.2 Å². The Kier molecular flexibility index (Phi) is 4.99. The summed E-state index contributed by atoms with van der Waals surface area (Å²) in [7, 11) is 0. The number of amides is 1. The molecule has 25 heavy (non-hydrogen) atoms. The van der Waals surface area contributed by atoms with Crippen LogP contribution in [0.5, 0.6) is 0 Å². The van der Waals surface area contributed by atoms with Gasteiger partial charge in [-0.3, -0.25) is 14.2 Å². The highest BCUT2D eigenvalue weighted by Crippen LogP contribution is 2.25. The van der Waals surface area contributed by atoms with Gasteiger partial charge in [-0.15, -0.1) is 11.3 Å². The van der Waals surface area contributed by atoms with Crippen LogP contribution in [0.2, 0.25) is 0 Å². The number of carbonyl (C=O) groups is 1. The molecule has 0 aliphatic heterocycles. The van der Waals surface area contributed by atoms with E-state index in [1.165, 1.54) is 22.2 Å². The van der Waals surface area contributed by atoms with Crippen LogP contribution in [0.4, 0.5) is 0 Å². The van der Waals surface area contributed by atoms with Crippen molar-refractivity contribution in [3.8, 4) is 0 Å². The fourth-order valence-corrected chi connectivity index (χ4v) is 3.80. The number of hydrogen-bond acceptors (Lipinski definition) is 4. The van der Waals surface area contributed by atoms with Crippen molar-refractivity contribution in [2.75, 3.05) is 6.54 Å². The summed E-state index contributed by atoms with van der Waals surface area (Å²) in [5, 5.41) is 0.629. The molecule has 2 heterocycles. The predicted molar refractivity (Wildman–Crippen MR) is 101 cm³/mol. The Bertz CT molecular complexity index is 960. The number of thiophene rings is 1. The molecule has 1 aromatic carbocycles. The van der Waals surface area contributed by atoms with E-state index >= 15 is 0 Å². The fraction of sp³-hybridized carbons (Fsp3) is 0.316. The Balaban J connectivity index is 1.84. The van der Waals surface area contributed by atoms with Crippen LogP contribution in [0, 0.1) is 13.8 Å². The van der Waals surface area contributed by atoms with E-state index in [1.807, 2.05) is 51.1 Å². The van der Waals surface area contributed by atoms with Crippen LogP contribution in [0.25, 0.3) is 10.2 Å². The standard InChI is InChI=1S/C19H21N3O2S/c1-4-21(10-15-8-6-5-7-9-15)16(23)11-22-12-20-18-17(19(22)24)13(2)14(3)25-18/h5-9,12H,4,10-11H2,1-3H3. The molecule has 6 heteroatoms. The lowest BCUT2D eigenvalue weighted by Gasteiger charge is -2.21. The average Bonchev–Trinajstić information content (AvgIpc) is 2.91. The average molecular weight is 355 g/mol. The molecule has 1 amide bonds. The molecular formula is C19H21N3O2S. The summed E-state index contributed by atoms with van der Waals surface area (Å²) < 4.78 is 1.41. The quantitative estimate of drug-likeness (QED) is 0.706. The maximum Gasteiger partial charge on any atom is 0.262 e. The molecule has 2 aromatic heterocycles. The van der Waals surface area contributed by atoms with Gasteiger partial charge in [0.15, 0.2) is 0 Å². The number of benzene rings is 1. The molecule has 0 saturated heterocycles. The zero-order chi connectivity index (χ0) is 18.0. The maximum atomic E-state index is 12.7. The molecule has 3 aromatic rings. The molecule has 3 rings (SSSR count). The first-order valence-corrected chi connectivity index (χ1v) is 9.09. The van der Waals surface area contributed by atoms with E-state index in [9.17, 15) is 9.59 Å². The molecule has 0 aliphatic rings. The van der Waals surface area contributed by atoms with E-state index in [0.29, 0.717) is 18.5 Å². The van der Waals surface area contributed by atoms with Crippen molar-refractivity contribution >= 4 is 27.5 Å². The van der Waals surface area contributed by atoms with Crippen molar-refractivity contribution < 1.29 is 4.79 Å². The van der Waals surface area contributed by atoms with Crippen molar-refractivity contribution in [2.45, 2.75) is 33.9 Å². The highest BCUT2D eigenvalue weighted by atomic mass is 32.1.